The number of hydrogen-bond acceptors (Lipinski definition) is 7. The lowest BCUT2D eigenvalue weighted by Crippen LogP contribution is -2.29. The van der Waals surface area contributed by atoms with E-state index in [1.807, 2.05) is 0 Å². The van der Waals surface area contributed by atoms with Crippen molar-refractivity contribution in [3.63, 3.8) is 0 Å². The van der Waals surface area contributed by atoms with Crippen LogP contribution < -0.4 is 4.72 Å². The predicted molar refractivity (Wildman–Crippen MR) is 89.9 cm³/mol. The molecule has 1 atom stereocenters. The summed E-state index contributed by atoms with van der Waals surface area (Å²) >= 11 is 8.20. The Bertz CT molecular complexity index is 783. The monoisotopic (exact) mass is 395 g/mol. The predicted octanol–water partition coefficient (Wildman–Crippen LogP) is 2.92. The minimum atomic E-state index is -3.86. The summed E-state index contributed by atoms with van der Waals surface area (Å²) in [6, 6.07) is 4.86. The number of carbonyl (C=O) groups excluding carboxylic acids is 1. The molecule has 2 heterocycles. The Kier molecular flexibility index (Phi) is 6.18. The van der Waals surface area contributed by atoms with Gasteiger partial charge in [-0.2, -0.15) is 0 Å². The Balaban J connectivity index is 2.15. The van der Waals surface area contributed by atoms with Crippen molar-refractivity contribution in [2.75, 3.05) is 20.8 Å². The number of rotatable bonds is 7. The van der Waals surface area contributed by atoms with Gasteiger partial charge >= 0.3 is 5.97 Å². The number of carbonyl (C=O) groups is 1. The van der Waals surface area contributed by atoms with Crippen LogP contribution in [0.2, 0.25) is 4.34 Å². The SMILES string of the molecule is COC(=O)c1sccc1S(=O)(=O)NC[C@@H](OC)c1ccc(Cl)s1. The molecule has 0 saturated heterocycles. The number of hydrogen-bond donors (Lipinski definition) is 1. The smallest absolute Gasteiger partial charge is 0.349 e. The van der Waals surface area contributed by atoms with Crippen LogP contribution in [0.25, 0.3) is 0 Å². The second kappa shape index (κ2) is 7.73. The van der Waals surface area contributed by atoms with Crippen LogP contribution in [-0.4, -0.2) is 35.2 Å². The number of nitrogens with one attached hydrogen (secondary N) is 1. The van der Waals surface area contributed by atoms with Gasteiger partial charge in [-0.05, 0) is 23.6 Å². The van der Waals surface area contributed by atoms with Crippen LogP contribution in [0, 0.1) is 0 Å². The quantitative estimate of drug-likeness (QED) is 0.729. The molecule has 2 rings (SSSR count). The summed E-state index contributed by atoms with van der Waals surface area (Å²) in [6.07, 6.45) is -0.470. The highest BCUT2D eigenvalue weighted by Gasteiger charge is 2.26. The Morgan fingerprint density at radius 2 is 2.09 bits per heavy atom. The molecule has 10 heteroatoms. The lowest BCUT2D eigenvalue weighted by atomic mass is 10.3. The molecule has 0 amide bonds. The van der Waals surface area contributed by atoms with E-state index < -0.39 is 22.1 Å². The van der Waals surface area contributed by atoms with E-state index in [1.54, 1.807) is 12.1 Å². The van der Waals surface area contributed by atoms with Crippen molar-refractivity contribution in [1.29, 1.82) is 0 Å². The fourth-order valence-electron chi connectivity index (χ4n) is 1.82. The van der Waals surface area contributed by atoms with E-state index in [0.29, 0.717) is 4.34 Å². The number of esters is 1. The van der Waals surface area contributed by atoms with Crippen molar-refractivity contribution in [3.05, 3.63) is 37.7 Å². The van der Waals surface area contributed by atoms with Crippen LogP contribution in [0.5, 0.6) is 0 Å². The van der Waals surface area contributed by atoms with Gasteiger partial charge in [0.05, 0.1) is 11.4 Å². The summed E-state index contributed by atoms with van der Waals surface area (Å²) in [5.74, 6) is -0.686. The lowest BCUT2D eigenvalue weighted by molar-refractivity contribution is 0.0602. The van der Waals surface area contributed by atoms with Crippen molar-refractivity contribution < 1.29 is 22.7 Å². The molecule has 0 spiro atoms. The Morgan fingerprint density at radius 3 is 2.65 bits per heavy atom. The molecular formula is C13H14ClNO5S3. The maximum absolute atomic E-state index is 12.4. The van der Waals surface area contributed by atoms with Gasteiger partial charge in [0.1, 0.15) is 15.9 Å². The Labute approximate surface area is 147 Å². The van der Waals surface area contributed by atoms with Gasteiger partial charge in [0.25, 0.3) is 0 Å². The van der Waals surface area contributed by atoms with Gasteiger partial charge in [0.2, 0.25) is 10.0 Å². The average Bonchev–Trinajstić information content (AvgIpc) is 3.16. The molecule has 126 valence electrons. The number of ether oxygens (including phenoxy) is 2. The molecule has 0 aromatic carbocycles. The van der Waals surface area contributed by atoms with Crippen LogP contribution in [0.4, 0.5) is 0 Å². The number of methoxy groups -OCH3 is 2. The van der Waals surface area contributed by atoms with Gasteiger partial charge in [-0.25, -0.2) is 17.9 Å². The second-order valence-corrected chi connectivity index (χ2v) is 8.72. The standard InChI is InChI=1S/C13H14ClNO5S3/c1-19-8(9-3-4-11(14)22-9)7-15-23(17,18)10-5-6-21-12(10)13(16)20-2/h3-6,8,15H,7H2,1-2H3/t8-/m1/s1. The molecule has 1 N–H and O–H groups in total. The molecule has 0 aliphatic carbocycles. The molecule has 0 unspecified atom stereocenters. The Hall–Kier alpha value is -0.970. The lowest BCUT2D eigenvalue weighted by Gasteiger charge is -2.14. The van der Waals surface area contributed by atoms with Crippen LogP contribution in [0.15, 0.2) is 28.5 Å². The summed E-state index contributed by atoms with van der Waals surface area (Å²) < 4.78 is 37.7. The first-order chi connectivity index (χ1) is 10.9. The largest absolute Gasteiger partial charge is 0.465 e. The van der Waals surface area contributed by atoms with E-state index in [-0.39, 0.29) is 16.3 Å². The number of halogens is 1. The first kappa shape index (κ1) is 18.4. The minimum absolute atomic E-state index is 0.0200. The molecule has 0 radical (unpaired) electrons. The second-order valence-electron chi connectivity index (χ2n) is 4.32. The molecule has 0 bridgehead atoms. The molecular weight excluding hydrogens is 382 g/mol. The summed E-state index contributed by atoms with van der Waals surface area (Å²) in [4.78, 5) is 12.4. The fourth-order valence-corrected chi connectivity index (χ4v) is 5.32. The number of sulfonamides is 1. The highest BCUT2D eigenvalue weighted by molar-refractivity contribution is 7.89. The van der Waals surface area contributed by atoms with Gasteiger partial charge in [-0.15, -0.1) is 22.7 Å². The van der Waals surface area contributed by atoms with Crippen molar-refractivity contribution in [2.45, 2.75) is 11.0 Å². The summed E-state index contributed by atoms with van der Waals surface area (Å²) in [5.41, 5.74) is 0. The third kappa shape index (κ3) is 4.31. The molecule has 0 aliphatic heterocycles. The van der Waals surface area contributed by atoms with Crippen LogP contribution in [0.1, 0.15) is 20.7 Å². The summed E-state index contributed by atoms with van der Waals surface area (Å²) in [7, 11) is -1.17. The zero-order valence-electron chi connectivity index (χ0n) is 12.2. The molecule has 0 aliphatic rings. The van der Waals surface area contributed by atoms with E-state index in [2.05, 4.69) is 9.46 Å². The normalized spacial score (nSPS) is 13.0. The molecule has 0 fully saturated rings. The average molecular weight is 396 g/mol. The van der Waals surface area contributed by atoms with Gasteiger partial charge in [0.15, 0.2) is 0 Å². The molecule has 6 nitrogen and oxygen atoms in total. The zero-order chi connectivity index (χ0) is 17.0. The molecule has 0 saturated carbocycles. The molecule has 2 aromatic heterocycles. The van der Waals surface area contributed by atoms with E-state index in [0.717, 1.165) is 16.2 Å². The van der Waals surface area contributed by atoms with E-state index in [1.165, 1.54) is 37.0 Å². The third-order valence-electron chi connectivity index (χ3n) is 2.94. The first-order valence-corrected chi connectivity index (χ1v) is 9.88. The topological polar surface area (TPSA) is 81.7 Å². The van der Waals surface area contributed by atoms with Gasteiger partial charge in [-0.1, -0.05) is 11.6 Å². The maximum atomic E-state index is 12.4. The van der Waals surface area contributed by atoms with Crippen molar-refractivity contribution in [3.8, 4) is 0 Å². The van der Waals surface area contributed by atoms with Gasteiger partial charge < -0.3 is 9.47 Å². The van der Waals surface area contributed by atoms with Crippen LogP contribution >= 0.6 is 34.3 Å². The summed E-state index contributed by atoms with van der Waals surface area (Å²) in [5, 5.41) is 1.52. The van der Waals surface area contributed by atoms with Gasteiger partial charge in [-0.3, -0.25) is 0 Å². The minimum Gasteiger partial charge on any atom is -0.465 e. The van der Waals surface area contributed by atoms with Crippen LogP contribution in [-0.2, 0) is 19.5 Å². The van der Waals surface area contributed by atoms with E-state index in [4.69, 9.17) is 16.3 Å². The van der Waals surface area contributed by atoms with E-state index in [9.17, 15) is 13.2 Å². The Morgan fingerprint density at radius 1 is 1.35 bits per heavy atom. The summed E-state index contributed by atoms with van der Waals surface area (Å²) in [6.45, 7) is 0.0200. The van der Waals surface area contributed by atoms with Gasteiger partial charge in [0, 0.05) is 18.5 Å². The van der Waals surface area contributed by atoms with Crippen molar-refractivity contribution in [2.24, 2.45) is 0 Å². The third-order valence-corrected chi connectivity index (χ3v) is 6.76. The first-order valence-electron chi connectivity index (χ1n) is 6.32. The fraction of sp³-hybridized carbons (Fsp3) is 0.308. The number of thiophene rings is 2. The molecule has 23 heavy (non-hydrogen) atoms. The maximum Gasteiger partial charge on any atom is 0.349 e. The molecule has 2 aromatic rings. The highest BCUT2D eigenvalue weighted by Crippen LogP contribution is 2.29. The van der Waals surface area contributed by atoms with Crippen molar-refractivity contribution in [1.82, 2.24) is 4.72 Å². The van der Waals surface area contributed by atoms with Crippen molar-refractivity contribution >= 4 is 50.3 Å². The highest BCUT2D eigenvalue weighted by atomic mass is 35.5. The van der Waals surface area contributed by atoms with Crippen LogP contribution in [0.3, 0.4) is 0 Å². The zero-order valence-corrected chi connectivity index (χ0v) is 15.4. The van der Waals surface area contributed by atoms with E-state index >= 15 is 0 Å².